The van der Waals surface area contributed by atoms with Crippen molar-refractivity contribution in [2.45, 2.75) is 19.5 Å². The fourth-order valence-electron chi connectivity index (χ4n) is 2.49. The maximum Gasteiger partial charge on any atom is 0.226 e. The number of benzene rings is 1. The average Bonchev–Trinajstić information content (AvgIpc) is 2.88. The molecule has 2 aromatic rings. The first-order valence-electron chi connectivity index (χ1n) is 6.87. The van der Waals surface area contributed by atoms with Gasteiger partial charge >= 0.3 is 0 Å². The minimum atomic E-state index is 0.534. The SMILES string of the molecule is C[C@@H]1CN(Cc2coc(-c3ccc(Cl)cc3)n2)CCN1. The van der Waals surface area contributed by atoms with E-state index < -0.39 is 0 Å². The van der Waals surface area contributed by atoms with Crippen LogP contribution in [0.1, 0.15) is 12.6 Å². The Hall–Kier alpha value is -1.36. The van der Waals surface area contributed by atoms with Crippen LogP contribution in [0.3, 0.4) is 0 Å². The number of nitrogens with one attached hydrogen (secondary N) is 1. The third kappa shape index (κ3) is 3.20. The van der Waals surface area contributed by atoms with Crippen LogP contribution in [-0.2, 0) is 6.54 Å². The van der Waals surface area contributed by atoms with Crippen molar-refractivity contribution in [3.8, 4) is 11.5 Å². The number of rotatable bonds is 3. The van der Waals surface area contributed by atoms with Gasteiger partial charge in [-0.3, -0.25) is 4.90 Å². The van der Waals surface area contributed by atoms with Crippen molar-refractivity contribution in [2.24, 2.45) is 0 Å². The van der Waals surface area contributed by atoms with Gasteiger partial charge in [-0.1, -0.05) is 11.6 Å². The van der Waals surface area contributed by atoms with E-state index in [1.165, 1.54) is 0 Å². The molecule has 0 aliphatic carbocycles. The average molecular weight is 292 g/mol. The number of hydrogen-bond donors (Lipinski definition) is 1. The summed E-state index contributed by atoms with van der Waals surface area (Å²) in [5.74, 6) is 0.653. The van der Waals surface area contributed by atoms with Gasteiger partial charge in [0.15, 0.2) is 0 Å². The maximum absolute atomic E-state index is 5.88. The first-order valence-corrected chi connectivity index (χ1v) is 7.24. The van der Waals surface area contributed by atoms with Gasteiger partial charge in [0.1, 0.15) is 6.26 Å². The van der Waals surface area contributed by atoms with E-state index in [4.69, 9.17) is 16.0 Å². The highest BCUT2D eigenvalue weighted by Gasteiger charge is 2.17. The molecule has 0 saturated carbocycles. The Labute approximate surface area is 123 Å². The summed E-state index contributed by atoms with van der Waals surface area (Å²) in [6, 6.07) is 8.07. The predicted octanol–water partition coefficient (Wildman–Crippen LogP) is 2.79. The molecule has 5 heteroatoms. The molecule has 1 aliphatic rings. The summed E-state index contributed by atoms with van der Waals surface area (Å²) >= 11 is 5.88. The fraction of sp³-hybridized carbons (Fsp3) is 0.400. The van der Waals surface area contributed by atoms with E-state index in [1.54, 1.807) is 6.26 Å². The minimum Gasteiger partial charge on any atom is -0.444 e. The molecule has 0 bridgehead atoms. The smallest absolute Gasteiger partial charge is 0.226 e. The van der Waals surface area contributed by atoms with Gasteiger partial charge in [-0.25, -0.2) is 4.98 Å². The summed E-state index contributed by atoms with van der Waals surface area (Å²) in [6.07, 6.45) is 1.75. The fourth-order valence-corrected chi connectivity index (χ4v) is 2.62. The molecule has 0 unspecified atom stereocenters. The molecule has 1 fully saturated rings. The van der Waals surface area contributed by atoms with Crippen LogP contribution in [0.25, 0.3) is 11.5 Å². The van der Waals surface area contributed by atoms with Crippen molar-refractivity contribution >= 4 is 11.6 Å². The molecule has 2 heterocycles. The molecule has 106 valence electrons. The second-order valence-corrected chi connectivity index (χ2v) is 5.68. The van der Waals surface area contributed by atoms with Gasteiger partial charge < -0.3 is 9.73 Å². The topological polar surface area (TPSA) is 41.3 Å². The van der Waals surface area contributed by atoms with Crippen LogP contribution in [0, 0.1) is 0 Å². The summed E-state index contributed by atoms with van der Waals surface area (Å²) in [4.78, 5) is 6.95. The lowest BCUT2D eigenvalue weighted by atomic mass is 10.2. The number of aromatic nitrogens is 1. The third-order valence-corrected chi connectivity index (χ3v) is 3.73. The zero-order chi connectivity index (χ0) is 13.9. The Morgan fingerprint density at radius 3 is 2.95 bits per heavy atom. The highest BCUT2D eigenvalue weighted by molar-refractivity contribution is 6.30. The summed E-state index contributed by atoms with van der Waals surface area (Å²) in [6.45, 7) is 6.16. The number of oxazole rings is 1. The summed E-state index contributed by atoms with van der Waals surface area (Å²) in [5, 5.41) is 4.15. The highest BCUT2D eigenvalue weighted by atomic mass is 35.5. The maximum atomic E-state index is 5.88. The van der Waals surface area contributed by atoms with E-state index in [0.717, 1.165) is 42.5 Å². The standard InChI is InChI=1S/C15H18ClN3O/c1-11-8-19(7-6-17-11)9-14-10-20-15(18-14)12-2-4-13(16)5-3-12/h2-5,10-11,17H,6-9H2,1H3/t11-/m1/s1. The van der Waals surface area contributed by atoms with Crippen molar-refractivity contribution in [3.63, 3.8) is 0 Å². The third-order valence-electron chi connectivity index (χ3n) is 3.48. The van der Waals surface area contributed by atoms with Crippen molar-refractivity contribution in [1.29, 1.82) is 0 Å². The van der Waals surface area contributed by atoms with Crippen LogP contribution in [0.5, 0.6) is 0 Å². The van der Waals surface area contributed by atoms with E-state index >= 15 is 0 Å². The Bertz CT molecular complexity index is 567. The van der Waals surface area contributed by atoms with Crippen LogP contribution < -0.4 is 5.32 Å². The molecule has 20 heavy (non-hydrogen) atoms. The Morgan fingerprint density at radius 1 is 1.40 bits per heavy atom. The number of piperazine rings is 1. The van der Waals surface area contributed by atoms with Gasteiger partial charge in [-0.05, 0) is 31.2 Å². The monoisotopic (exact) mass is 291 g/mol. The lowest BCUT2D eigenvalue weighted by Crippen LogP contribution is -2.48. The van der Waals surface area contributed by atoms with Gasteiger partial charge in [0.25, 0.3) is 0 Å². The highest BCUT2D eigenvalue weighted by Crippen LogP contribution is 2.21. The van der Waals surface area contributed by atoms with Gasteiger partial charge in [0.05, 0.1) is 5.69 Å². The number of hydrogen-bond acceptors (Lipinski definition) is 4. The van der Waals surface area contributed by atoms with E-state index in [0.29, 0.717) is 11.9 Å². The molecule has 1 aromatic carbocycles. The molecule has 4 nitrogen and oxygen atoms in total. The first kappa shape index (κ1) is 13.6. The first-order chi connectivity index (χ1) is 9.70. The lowest BCUT2D eigenvalue weighted by molar-refractivity contribution is 0.197. The summed E-state index contributed by atoms with van der Waals surface area (Å²) in [7, 11) is 0. The van der Waals surface area contributed by atoms with Gasteiger partial charge in [0, 0.05) is 42.8 Å². The van der Waals surface area contributed by atoms with E-state index in [9.17, 15) is 0 Å². The number of halogens is 1. The summed E-state index contributed by atoms with van der Waals surface area (Å²) < 4.78 is 5.56. The van der Waals surface area contributed by atoms with Crippen molar-refractivity contribution < 1.29 is 4.42 Å². The van der Waals surface area contributed by atoms with E-state index in [1.807, 2.05) is 24.3 Å². The van der Waals surface area contributed by atoms with Crippen molar-refractivity contribution in [3.05, 3.63) is 41.2 Å². The molecular formula is C15H18ClN3O. The van der Waals surface area contributed by atoms with Crippen LogP contribution in [-0.4, -0.2) is 35.6 Å². The molecule has 0 amide bonds. The zero-order valence-corrected chi connectivity index (χ0v) is 12.2. The molecule has 1 atom stereocenters. The van der Waals surface area contributed by atoms with Crippen molar-refractivity contribution in [2.75, 3.05) is 19.6 Å². The van der Waals surface area contributed by atoms with Crippen molar-refractivity contribution in [1.82, 2.24) is 15.2 Å². The molecule has 1 aromatic heterocycles. The van der Waals surface area contributed by atoms with Gasteiger partial charge in [0.2, 0.25) is 5.89 Å². The molecule has 1 saturated heterocycles. The lowest BCUT2D eigenvalue weighted by Gasteiger charge is -2.31. The molecular weight excluding hydrogens is 274 g/mol. The minimum absolute atomic E-state index is 0.534. The molecule has 1 aliphatic heterocycles. The molecule has 3 rings (SSSR count). The zero-order valence-electron chi connectivity index (χ0n) is 11.5. The van der Waals surface area contributed by atoms with Crippen LogP contribution in [0.4, 0.5) is 0 Å². The quantitative estimate of drug-likeness (QED) is 0.944. The van der Waals surface area contributed by atoms with Crippen LogP contribution in [0.2, 0.25) is 5.02 Å². The molecule has 0 radical (unpaired) electrons. The van der Waals surface area contributed by atoms with Crippen LogP contribution in [0.15, 0.2) is 34.9 Å². The Kier molecular flexibility index (Phi) is 4.05. The molecule has 0 spiro atoms. The summed E-state index contributed by atoms with van der Waals surface area (Å²) in [5.41, 5.74) is 1.93. The predicted molar refractivity (Wildman–Crippen MR) is 79.7 cm³/mol. The van der Waals surface area contributed by atoms with Gasteiger partial charge in [-0.15, -0.1) is 0 Å². The van der Waals surface area contributed by atoms with E-state index in [2.05, 4.69) is 22.1 Å². The normalized spacial score (nSPS) is 20.2. The number of nitrogens with zero attached hydrogens (tertiary/aromatic N) is 2. The van der Waals surface area contributed by atoms with Gasteiger partial charge in [-0.2, -0.15) is 0 Å². The second kappa shape index (κ2) is 5.95. The Morgan fingerprint density at radius 2 is 2.20 bits per heavy atom. The Balaban J connectivity index is 1.69. The molecule has 1 N–H and O–H groups in total. The van der Waals surface area contributed by atoms with Crippen LogP contribution >= 0.6 is 11.6 Å². The second-order valence-electron chi connectivity index (χ2n) is 5.24. The largest absolute Gasteiger partial charge is 0.444 e. The van der Waals surface area contributed by atoms with E-state index in [-0.39, 0.29) is 0 Å².